The van der Waals surface area contributed by atoms with Gasteiger partial charge in [0.2, 0.25) is 0 Å². The first-order valence-corrected chi connectivity index (χ1v) is 6.85. The molecule has 0 spiro atoms. The molecule has 2 saturated heterocycles. The lowest BCUT2D eigenvalue weighted by molar-refractivity contribution is 0.119. The Morgan fingerprint density at radius 2 is 2.12 bits per heavy atom. The van der Waals surface area contributed by atoms with Gasteiger partial charge in [0.05, 0.1) is 0 Å². The highest BCUT2D eigenvalue weighted by Gasteiger charge is 2.28. The minimum atomic E-state index is 0.716. The van der Waals surface area contributed by atoms with Crippen molar-refractivity contribution in [3.8, 4) is 0 Å². The number of nitrogens with zero attached hydrogens (tertiary/aromatic N) is 2. The molecule has 3 unspecified atom stereocenters. The van der Waals surface area contributed by atoms with Crippen LogP contribution in [0.25, 0.3) is 0 Å². The molecule has 0 aromatic carbocycles. The molecule has 0 aromatic rings. The van der Waals surface area contributed by atoms with Crippen LogP contribution in [0.2, 0.25) is 0 Å². The molecule has 2 heterocycles. The SMILES string of the molecule is CCC1CN(CC2CCN(C)C2)C(C)CN1. The Morgan fingerprint density at radius 3 is 2.75 bits per heavy atom. The largest absolute Gasteiger partial charge is 0.311 e. The quantitative estimate of drug-likeness (QED) is 0.773. The Balaban J connectivity index is 1.82. The molecule has 0 bridgehead atoms. The lowest BCUT2D eigenvalue weighted by Crippen LogP contribution is -2.56. The number of likely N-dealkylation sites (tertiary alicyclic amines) is 1. The number of hydrogen-bond acceptors (Lipinski definition) is 3. The van der Waals surface area contributed by atoms with Gasteiger partial charge in [-0.15, -0.1) is 0 Å². The van der Waals surface area contributed by atoms with E-state index < -0.39 is 0 Å². The van der Waals surface area contributed by atoms with Gasteiger partial charge in [0, 0.05) is 38.3 Å². The van der Waals surface area contributed by atoms with Crippen molar-refractivity contribution in [2.24, 2.45) is 5.92 Å². The zero-order valence-electron chi connectivity index (χ0n) is 11.1. The first kappa shape index (κ1) is 12.3. The summed E-state index contributed by atoms with van der Waals surface area (Å²) in [5.74, 6) is 0.906. The fourth-order valence-corrected chi connectivity index (χ4v) is 3.03. The zero-order chi connectivity index (χ0) is 11.5. The summed E-state index contributed by atoms with van der Waals surface area (Å²) in [6.45, 7) is 11.0. The van der Waals surface area contributed by atoms with Crippen molar-refractivity contribution in [3.05, 3.63) is 0 Å². The Labute approximate surface area is 100 Å². The number of nitrogens with one attached hydrogen (secondary N) is 1. The van der Waals surface area contributed by atoms with Crippen molar-refractivity contribution in [1.82, 2.24) is 15.1 Å². The van der Waals surface area contributed by atoms with Gasteiger partial charge in [-0.1, -0.05) is 6.92 Å². The van der Waals surface area contributed by atoms with Gasteiger partial charge >= 0.3 is 0 Å². The highest BCUT2D eigenvalue weighted by Crippen LogP contribution is 2.18. The first-order valence-electron chi connectivity index (χ1n) is 6.85. The van der Waals surface area contributed by atoms with Gasteiger partial charge in [-0.05, 0) is 39.3 Å². The van der Waals surface area contributed by atoms with Crippen LogP contribution in [0.1, 0.15) is 26.7 Å². The molecule has 3 heteroatoms. The fourth-order valence-electron chi connectivity index (χ4n) is 3.03. The average molecular weight is 225 g/mol. The van der Waals surface area contributed by atoms with Gasteiger partial charge in [0.15, 0.2) is 0 Å². The predicted octanol–water partition coefficient (Wildman–Crippen LogP) is 1.01. The van der Waals surface area contributed by atoms with E-state index >= 15 is 0 Å². The molecule has 2 aliphatic heterocycles. The van der Waals surface area contributed by atoms with Crippen molar-refractivity contribution in [2.75, 3.05) is 39.8 Å². The number of rotatable bonds is 3. The van der Waals surface area contributed by atoms with Gasteiger partial charge in [-0.2, -0.15) is 0 Å². The molecule has 0 saturated carbocycles. The Morgan fingerprint density at radius 1 is 1.31 bits per heavy atom. The Bertz CT molecular complexity index is 219. The summed E-state index contributed by atoms with van der Waals surface area (Å²) >= 11 is 0. The van der Waals surface area contributed by atoms with E-state index in [9.17, 15) is 0 Å². The molecule has 2 rings (SSSR count). The lowest BCUT2D eigenvalue weighted by atomic mass is 10.0. The van der Waals surface area contributed by atoms with E-state index in [1.807, 2.05) is 0 Å². The maximum absolute atomic E-state index is 3.63. The van der Waals surface area contributed by atoms with Crippen molar-refractivity contribution >= 4 is 0 Å². The van der Waals surface area contributed by atoms with Gasteiger partial charge in [0.1, 0.15) is 0 Å². The molecular formula is C13H27N3. The first-order chi connectivity index (χ1) is 7.69. The highest BCUT2D eigenvalue weighted by molar-refractivity contribution is 4.86. The monoisotopic (exact) mass is 225 g/mol. The summed E-state index contributed by atoms with van der Waals surface area (Å²) in [6, 6.07) is 1.43. The van der Waals surface area contributed by atoms with Gasteiger partial charge in [-0.25, -0.2) is 0 Å². The average Bonchev–Trinajstić information content (AvgIpc) is 2.67. The van der Waals surface area contributed by atoms with Crippen LogP contribution >= 0.6 is 0 Å². The van der Waals surface area contributed by atoms with E-state index in [4.69, 9.17) is 0 Å². The molecule has 0 aromatic heterocycles. The maximum Gasteiger partial charge on any atom is 0.0193 e. The standard InChI is InChI=1S/C13H27N3/c1-4-13-10-16(11(2)7-14-13)9-12-5-6-15(3)8-12/h11-14H,4-10H2,1-3H3. The summed E-state index contributed by atoms with van der Waals surface area (Å²) in [5.41, 5.74) is 0. The van der Waals surface area contributed by atoms with Crippen molar-refractivity contribution in [2.45, 2.75) is 38.8 Å². The molecule has 0 radical (unpaired) electrons. The molecule has 3 atom stereocenters. The second-order valence-corrected chi connectivity index (χ2v) is 5.73. The number of hydrogen-bond donors (Lipinski definition) is 1. The third kappa shape index (κ3) is 2.96. The summed E-state index contributed by atoms with van der Waals surface area (Å²) in [4.78, 5) is 5.17. The van der Waals surface area contributed by atoms with Gasteiger partial charge in [0.25, 0.3) is 0 Å². The molecule has 94 valence electrons. The normalized spacial score (nSPS) is 38.1. The molecule has 2 fully saturated rings. The van der Waals surface area contributed by atoms with Crippen LogP contribution in [-0.4, -0.2) is 61.7 Å². The van der Waals surface area contributed by atoms with Crippen LogP contribution in [0.4, 0.5) is 0 Å². The predicted molar refractivity (Wildman–Crippen MR) is 68.7 cm³/mol. The van der Waals surface area contributed by atoms with E-state index in [2.05, 4.69) is 36.0 Å². The van der Waals surface area contributed by atoms with Gasteiger partial charge < -0.3 is 10.2 Å². The smallest absolute Gasteiger partial charge is 0.0193 e. The second-order valence-electron chi connectivity index (χ2n) is 5.73. The van der Waals surface area contributed by atoms with Crippen LogP contribution in [-0.2, 0) is 0 Å². The highest BCUT2D eigenvalue weighted by atomic mass is 15.2. The van der Waals surface area contributed by atoms with Crippen LogP contribution < -0.4 is 5.32 Å². The molecular weight excluding hydrogens is 198 g/mol. The van der Waals surface area contributed by atoms with Crippen LogP contribution in [0.5, 0.6) is 0 Å². The van der Waals surface area contributed by atoms with E-state index in [1.54, 1.807) is 0 Å². The van der Waals surface area contributed by atoms with Crippen LogP contribution in [0.3, 0.4) is 0 Å². The molecule has 16 heavy (non-hydrogen) atoms. The van der Waals surface area contributed by atoms with Crippen molar-refractivity contribution < 1.29 is 0 Å². The fraction of sp³-hybridized carbons (Fsp3) is 1.00. The Hall–Kier alpha value is -0.120. The molecule has 3 nitrogen and oxygen atoms in total. The third-order valence-electron chi connectivity index (χ3n) is 4.25. The van der Waals surface area contributed by atoms with Crippen LogP contribution in [0.15, 0.2) is 0 Å². The van der Waals surface area contributed by atoms with E-state index in [0.717, 1.165) is 12.0 Å². The van der Waals surface area contributed by atoms with E-state index in [0.29, 0.717) is 6.04 Å². The van der Waals surface area contributed by atoms with Gasteiger partial charge in [-0.3, -0.25) is 4.90 Å². The minimum Gasteiger partial charge on any atom is -0.311 e. The van der Waals surface area contributed by atoms with Crippen molar-refractivity contribution in [3.63, 3.8) is 0 Å². The summed E-state index contributed by atoms with van der Waals surface area (Å²) in [6.07, 6.45) is 2.65. The number of piperazine rings is 1. The topological polar surface area (TPSA) is 18.5 Å². The summed E-state index contributed by atoms with van der Waals surface area (Å²) < 4.78 is 0. The van der Waals surface area contributed by atoms with E-state index in [-0.39, 0.29) is 0 Å². The summed E-state index contributed by atoms with van der Waals surface area (Å²) in [7, 11) is 2.25. The molecule has 0 aliphatic carbocycles. The second kappa shape index (κ2) is 5.48. The third-order valence-corrected chi connectivity index (χ3v) is 4.25. The molecule has 2 aliphatic rings. The zero-order valence-corrected chi connectivity index (χ0v) is 11.1. The Kier molecular flexibility index (Phi) is 4.22. The van der Waals surface area contributed by atoms with Crippen molar-refractivity contribution in [1.29, 1.82) is 0 Å². The molecule has 0 amide bonds. The van der Waals surface area contributed by atoms with Crippen LogP contribution in [0, 0.1) is 5.92 Å². The lowest BCUT2D eigenvalue weighted by Gasteiger charge is -2.39. The maximum atomic E-state index is 3.63. The minimum absolute atomic E-state index is 0.716. The van der Waals surface area contributed by atoms with E-state index in [1.165, 1.54) is 45.6 Å². The molecule has 1 N–H and O–H groups in total. The summed E-state index contributed by atoms with van der Waals surface area (Å²) in [5, 5.41) is 3.63.